The highest BCUT2D eigenvalue weighted by molar-refractivity contribution is 7.89. The average molecular weight is 397 g/mol. The number of benzene rings is 1. The highest BCUT2D eigenvalue weighted by atomic mass is 32.2. The molecule has 1 saturated heterocycles. The van der Waals surface area contributed by atoms with Crippen molar-refractivity contribution in [3.05, 3.63) is 35.4 Å². The summed E-state index contributed by atoms with van der Waals surface area (Å²) in [6.45, 7) is 4.03. The van der Waals surface area contributed by atoms with Crippen molar-refractivity contribution >= 4 is 21.9 Å². The Morgan fingerprint density at radius 1 is 1.37 bits per heavy atom. The van der Waals surface area contributed by atoms with Crippen molar-refractivity contribution in [2.75, 3.05) is 18.8 Å². The Labute approximate surface area is 160 Å². The van der Waals surface area contributed by atoms with E-state index < -0.39 is 33.9 Å². The number of rotatable bonds is 9. The fourth-order valence-electron chi connectivity index (χ4n) is 3.42. The minimum absolute atomic E-state index is 0.0158. The number of sulfonamides is 1. The lowest BCUT2D eigenvalue weighted by atomic mass is 9.98. The Hall–Kier alpha value is -1.93. The van der Waals surface area contributed by atoms with Crippen LogP contribution in [0.4, 0.5) is 0 Å². The molecule has 1 aliphatic heterocycles. The predicted octanol–water partition coefficient (Wildman–Crippen LogP) is 1.56. The van der Waals surface area contributed by atoms with Crippen LogP contribution in [0.25, 0.3) is 0 Å². The normalized spacial score (nSPS) is 19.0. The molecule has 2 N–H and O–H groups in total. The monoisotopic (exact) mass is 396 g/mol. The van der Waals surface area contributed by atoms with Crippen molar-refractivity contribution < 1.29 is 23.1 Å². The van der Waals surface area contributed by atoms with E-state index >= 15 is 0 Å². The standard InChI is InChI=1S/C19H28N2O5S/c1-3-10-27(25,26)21-9-5-8-17(21)18(22)20-13-16(19(23)24)12-15-7-4-6-14(2)11-15/h4,6-7,11,16-17H,3,5,8-10,12-13H2,1-2H3,(H,20,22)(H,23,24). The first-order valence-corrected chi connectivity index (χ1v) is 10.9. The number of nitrogens with zero attached hydrogens (tertiary/aromatic N) is 1. The number of carbonyl (C=O) groups is 2. The second-order valence-electron chi connectivity index (χ2n) is 7.06. The van der Waals surface area contributed by atoms with E-state index in [2.05, 4.69) is 5.32 Å². The third kappa shape index (κ3) is 5.77. The summed E-state index contributed by atoms with van der Waals surface area (Å²) >= 11 is 0. The maximum Gasteiger partial charge on any atom is 0.308 e. The van der Waals surface area contributed by atoms with Crippen molar-refractivity contribution in [2.45, 2.75) is 45.6 Å². The Morgan fingerprint density at radius 2 is 2.11 bits per heavy atom. The lowest BCUT2D eigenvalue weighted by molar-refractivity contribution is -0.141. The van der Waals surface area contributed by atoms with E-state index in [0.29, 0.717) is 32.2 Å². The van der Waals surface area contributed by atoms with Crippen LogP contribution >= 0.6 is 0 Å². The third-order valence-electron chi connectivity index (χ3n) is 4.76. The van der Waals surface area contributed by atoms with Gasteiger partial charge in [0.25, 0.3) is 0 Å². The Kier molecular flexibility index (Phi) is 7.38. The van der Waals surface area contributed by atoms with Crippen molar-refractivity contribution in [3.63, 3.8) is 0 Å². The minimum atomic E-state index is -3.46. The largest absolute Gasteiger partial charge is 0.481 e. The first-order valence-electron chi connectivity index (χ1n) is 9.30. The summed E-state index contributed by atoms with van der Waals surface area (Å²) in [6.07, 6.45) is 1.89. The quantitative estimate of drug-likeness (QED) is 0.659. The van der Waals surface area contributed by atoms with E-state index in [-0.39, 0.29) is 12.3 Å². The maximum absolute atomic E-state index is 12.5. The molecule has 1 aromatic carbocycles. The van der Waals surface area contributed by atoms with Crippen molar-refractivity contribution in [1.29, 1.82) is 0 Å². The lowest BCUT2D eigenvalue weighted by Gasteiger charge is -2.24. The molecule has 1 heterocycles. The second-order valence-corrected chi connectivity index (χ2v) is 9.10. The zero-order chi connectivity index (χ0) is 20.0. The molecule has 0 saturated carbocycles. The maximum atomic E-state index is 12.5. The van der Waals surface area contributed by atoms with E-state index in [0.717, 1.165) is 11.1 Å². The molecule has 2 rings (SSSR count). The van der Waals surface area contributed by atoms with Gasteiger partial charge in [-0.1, -0.05) is 36.8 Å². The predicted molar refractivity (Wildman–Crippen MR) is 103 cm³/mol. The summed E-state index contributed by atoms with van der Waals surface area (Å²) in [5, 5.41) is 12.1. The van der Waals surface area contributed by atoms with Gasteiger partial charge in [0.15, 0.2) is 0 Å². The van der Waals surface area contributed by atoms with Gasteiger partial charge in [-0.05, 0) is 38.2 Å². The van der Waals surface area contributed by atoms with Crippen LogP contribution in [0.1, 0.15) is 37.3 Å². The van der Waals surface area contributed by atoms with Gasteiger partial charge in [-0.3, -0.25) is 9.59 Å². The first-order chi connectivity index (χ1) is 12.7. The molecule has 0 bridgehead atoms. The van der Waals surface area contributed by atoms with Gasteiger partial charge in [0.2, 0.25) is 15.9 Å². The van der Waals surface area contributed by atoms with Crippen LogP contribution in [0.15, 0.2) is 24.3 Å². The molecule has 150 valence electrons. The fourth-order valence-corrected chi connectivity index (χ4v) is 5.17. The minimum Gasteiger partial charge on any atom is -0.481 e. The van der Waals surface area contributed by atoms with Gasteiger partial charge in [0.1, 0.15) is 6.04 Å². The smallest absolute Gasteiger partial charge is 0.308 e. The Balaban J connectivity index is 2.00. The molecule has 1 aromatic rings. The van der Waals surface area contributed by atoms with Gasteiger partial charge in [-0.25, -0.2) is 8.42 Å². The van der Waals surface area contributed by atoms with Crippen LogP contribution in [-0.4, -0.2) is 54.6 Å². The molecule has 2 unspecified atom stereocenters. The molecule has 8 heteroatoms. The molecule has 0 spiro atoms. The van der Waals surface area contributed by atoms with Crippen molar-refractivity contribution in [2.24, 2.45) is 5.92 Å². The molecule has 27 heavy (non-hydrogen) atoms. The number of amides is 1. The number of aliphatic carboxylic acids is 1. The molecule has 2 atom stereocenters. The lowest BCUT2D eigenvalue weighted by Crippen LogP contribution is -2.48. The highest BCUT2D eigenvalue weighted by Crippen LogP contribution is 2.22. The molecule has 1 aliphatic rings. The number of nitrogens with one attached hydrogen (secondary N) is 1. The SMILES string of the molecule is CCCS(=O)(=O)N1CCCC1C(=O)NCC(Cc1cccc(C)c1)C(=O)O. The fraction of sp³-hybridized carbons (Fsp3) is 0.579. The third-order valence-corrected chi connectivity index (χ3v) is 6.84. The van der Waals surface area contributed by atoms with E-state index in [4.69, 9.17) is 0 Å². The summed E-state index contributed by atoms with van der Waals surface area (Å²) in [7, 11) is -3.46. The topological polar surface area (TPSA) is 104 Å². The molecule has 0 aliphatic carbocycles. The summed E-state index contributed by atoms with van der Waals surface area (Å²) in [5.74, 6) is -2.15. The van der Waals surface area contributed by atoms with E-state index in [1.807, 2.05) is 31.2 Å². The number of aryl methyl sites for hydroxylation is 1. The zero-order valence-corrected chi connectivity index (χ0v) is 16.7. The number of hydrogen-bond acceptors (Lipinski definition) is 4. The summed E-state index contributed by atoms with van der Waals surface area (Å²) in [6, 6.07) is 6.85. The summed E-state index contributed by atoms with van der Waals surface area (Å²) < 4.78 is 25.9. The van der Waals surface area contributed by atoms with E-state index in [1.54, 1.807) is 6.92 Å². The van der Waals surface area contributed by atoms with Crippen molar-refractivity contribution in [1.82, 2.24) is 9.62 Å². The number of hydrogen-bond donors (Lipinski definition) is 2. The van der Waals surface area contributed by atoms with Crippen LogP contribution < -0.4 is 5.32 Å². The van der Waals surface area contributed by atoms with E-state index in [1.165, 1.54) is 4.31 Å². The number of carboxylic acid groups (broad SMARTS) is 1. The van der Waals surface area contributed by atoms with Crippen LogP contribution in [0, 0.1) is 12.8 Å². The summed E-state index contributed by atoms with van der Waals surface area (Å²) in [5.41, 5.74) is 1.94. The molecule has 0 radical (unpaired) electrons. The van der Waals surface area contributed by atoms with Crippen LogP contribution in [0.2, 0.25) is 0 Å². The van der Waals surface area contributed by atoms with Crippen LogP contribution in [0.5, 0.6) is 0 Å². The van der Waals surface area contributed by atoms with Gasteiger partial charge < -0.3 is 10.4 Å². The van der Waals surface area contributed by atoms with Gasteiger partial charge in [-0.15, -0.1) is 0 Å². The molecule has 1 fully saturated rings. The molecule has 7 nitrogen and oxygen atoms in total. The first kappa shape index (κ1) is 21.4. The number of carbonyl (C=O) groups excluding carboxylic acids is 1. The van der Waals surface area contributed by atoms with Gasteiger partial charge in [0, 0.05) is 13.1 Å². The summed E-state index contributed by atoms with van der Waals surface area (Å²) in [4.78, 5) is 24.1. The van der Waals surface area contributed by atoms with Gasteiger partial charge >= 0.3 is 5.97 Å². The zero-order valence-electron chi connectivity index (χ0n) is 15.8. The molecular weight excluding hydrogens is 368 g/mol. The van der Waals surface area contributed by atoms with E-state index in [9.17, 15) is 23.1 Å². The van der Waals surface area contributed by atoms with Gasteiger partial charge in [-0.2, -0.15) is 4.31 Å². The highest BCUT2D eigenvalue weighted by Gasteiger charge is 2.38. The Morgan fingerprint density at radius 3 is 2.74 bits per heavy atom. The van der Waals surface area contributed by atoms with Gasteiger partial charge in [0.05, 0.1) is 11.7 Å². The van der Waals surface area contributed by atoms with Crippen LogP contribution in [-0.2, 0) is 26.0 Å². The van der Waals surface area contributed by atoms with Crippen molar-refractivity contribution in [3.8, 4) is 0 Å². The second kappa shape index (κ2) is 9.32. The van der Waals surface area contributed by atoms with Crippen LogP contribution in [0.3, 0.4) is 0 Å². The molecule has 1 amide bonds. The molecule has 0 aromatic heterocycles. The Bertz CT molecular complexity index is 778. The molecular formula is C19H28N2O5S. The number of carboxylic acids is 1. The average Bonchev–Trinajstić information content (AvgIpc) is 3.09.